The van der Waals surface area contributed by atoms with Crippen molar-refractivity contribution < 1.29 is 13.5 Å². The van der Waals surface area contributed by atoms with Crippen molar-refractivity contribution in [2.75, 3.05) is 20.2 Å². The zero-order chi connectivity index (χ0) is 11.3. The topological polar surface area (TPSA) is 12.5 Å². The number of hydrogen-bond acceptors (Lipinski definition) is 2. The predicted octanol–water partition coefficient (Wildman–Crippen LogP) is 2.14. The number of nitrogens with zero attached hydrogens (tertiary/aromatic N) is 1. The lowest BCUT2D eigenvalue weighted by atomic mass is 10.0. The van der Waals surface area contributed by atoms with Crippen LogP contribution in [0.4, 0.5) is 8.78 Å². The summed E-state index contributed by atoms with van der Waals surface area (Å²) < 4.78 is 31.8. The summed E-state index contributed by atoms with van der Waals surface area (Å²) in [5, 5.41) is 0. The first-order chi connectivity index (χ1) is 6.86. The van der Waals surface area contributed by atoms with E-state index in [0.717, 1.165) is 0 Å². The Morgan fingerprint density at radius 2 is 2.07 bits per heavy atom. The number of likely N-dealkylation sites (N-methyl/N-ethyl adjacent to an activating group) is 1. The molecule has 4 heteroatoms. The Labute approximate surface area is 89.6 Å². The van der Waals surface area contributed by atoms with E-state index in [4.69, 9.17) is 4.74 Å². The van der Waals surface area contributed by atoms with Gasteiger partial charge in [-0.1, -0.05) is 0 Å². The fourth-order valence-corrected chi connectivity index (χ4v) is 2.54. The normalized spacial score (nSPS) is 39.2. The van der Waals surface area contributed by atoms with Gasteiger partial charge in [-0.05, 0) is 27.3 Å². The van der Waals surface area contributed by atoms with E-state index >= 15 is 0 Å². The van der Waals surface area contributed by atoms with Crippen LogP contribution in [-0.4, -0.2) is 43.2 Å². The minimum absolute atomic E-state index is 0.0719. The van der Waals surface area contributed by atoms with E-state index in [1.165, 1.54) is 0 Å². The fourth-order valence-electron chi connectivity index (χ4n) is 2.54. The number of alkyl halides is 2. The van der Waals surface area contributed by atoms with Gasteiger partial charge in [0.05, 0.1) is 18.1 Å². The van der Waals surface area contributed by atoms with Crippen molar-refractivity contribution in [2.45, 2.75) is 44.8 Å². The van der Waals surface area contributed by atoms with Crippen LogP contribution < -0.4 is 0 Å². The molecule has 88 valence electrons. The molecule has 0 bridgehead atoms. The van der Waals surface area contributed by atoms with Gasteiger partial charge in [-0.25, -0.2) is 8.78 Å². The maximum absolute atomic E-state index is 13.2. The molecule has 2 fully saturated rings. The smallest absolute Gasteiger partial charge is 0.255 e. The lowest BCUT2D eigenvalue weighted by Gasteiger charge is -2.20. The highest BCUT2D eigenvalue weighted by Crippen LogP contribution is 2.66. The number of likely N-dealkylation sites (tertiary alicyclic amines) is 1. The predicted molar refractivity (Wildman–Crippen MR) is 54.1 cm³/mol. The Balaban J connectivity index is 1.89. The molecule has 15 heavy (non-hydrogen) atoms. The third-order valence-electron chi connectivity index (χ3n) is 3.64. The van der Waals surface area contributed by atoms with Crippen LogP contribution >= 0.6 is 0 Å². The molecule has 0 amide bonds. The second kappa shape index (κ2) is 3.39. The highest BCUT2D eigenvalue weighted by atomic mass is 19.3. The first kappa shape index (κ1) is 11.3. The number of rotatable bonds is 3. The maximum atomic E-state index is 13.2. The Morgan fingerprint density at radius 1 is 1.47 bits per heavy atom. The van der Waals surface area contributed by atoms with Crippen LogP contribution in [0.25, 0.3) is 0 Å². The molecule has 2 rings (SSSR count). The Morgan fingerprint density at radius 3 is 2.47 bits per heavy atom. The Hall–Kier alpha value is -0.220. The van der Waals surface area contributed by atoms with Crippen LogP contribution in [0.1, 0.15) is 26.7 Å². The van der Waals surface area contributed by atoms with E-state index in [1.54, 1.807) is 0 Å². The molecule has 1 aliphatic heterocycles. The summed E-state index contributed by atoms with van der Waals surface area (Å²) in [6.07, 6.45) is 0.834. The lowest BCUT2D eigenvalue weighted by Crippen LogP contribution is -2.30. The van der Waals surface area contributed by atoms with Crippen LogP contribution in [-0.2, 0) is 4.74 Å². The third kappa shape index (κ3) is 1.89. The van der Waals surface area contributed by atoms with Gasteiger partial charge in [-0.15, -0.1) is 0 Å². The molecule has 0 aromatic heterocycles. The van der Waals surface area contributed by atoms with Crippen LogP contribution in [0.3, 0.4) is 0 Å². The first-order valence-corrected chi connectivity index (χ1v) is 5.56. The minimum atomic E-state index is -2.42. The van der Waals surface area contributed by atoms with Crippen molar-refractivity contribution in [3.8, 4) is 0 Å². The highest BCUT2D eigenvalue weighted by Gasteiger charge is 2.73. The van der Waals surface area contributed by atoms with Crippen molar-refractivity contribution in [2.24, 2.45) is 5.41 Å². The average molecular weight is 219 g/mol. The fraction of sp³-hybridized carbons (Fsp3) is 1.00. The molecule has 1 spiro atoms. The summed E-state index contributed by atoms with van der Waals surface area (Å²) in [6, 6.07) is 0.167. The summed E-state index contributed by atoms with van der Waals surface area (Å²) in [7, 11) is 1.91. The van der Waals surface area contributed by atoms with E-state index < -0.39 is 11.3 Å². The zero-order valence-electron chi connectivity index (χ0n) is 9.59. The molecule has 0 radical (unpaired) electrons. The van der Waals surface area contributed by atoms with Gasteiger partial charge in [0.2, 0.25) is 0 Å². The van der Waals surface area contributed by atoms with Crippen molar-refractivity contribution in [3.05, 3.63) is 0 Å². The first-order valence-electron chi connectivity index (χ1n) is 5.56. The van der Waals surface area contributed by atoms with Crippen molar-refractivity contribution in [1.29, 1.82) is 0 Å². The number of ether oxygens (including phenoxy) is 1. The molecule has 1 saturated carbocycles. The third-order valence-corrected chi connectivity index (χ3v) is 3.64. The van der Waals surface area contributed by atoms with Crippen LogP contribution in [0.5, 0.6) is 0 Å². The summed E-state index contributed by atoms with van der Waals surface area (Å²) >= 11 is 0. The van der Waals surface area contributed by atoms with Crippen LogP contribution in [0.2, 0.25) is 0 Å². The maximum Gasteiger partial charge on any atom is 0.255 e. The molecule has 1 heterocycles. The van der Waals surface area contributed by atoms with E-state index in [9.17, 15) is 8.78 Å². The van der Waals surface area contributed by atoms with Gasteiger partial charge in [0.1, 0.15) is 0 Å². The zero-order valence-corrected chi connectivity index (χ0v) is 9.59. The van der Waals surface area contributed by atoms with Gasteiger partial charge in [-0.2, -0.15) is 0 Å². The van der Waals surface area contributed by atoms with E-state index in [1.807, 2.05) is 25.8 Å². The van der Waals surface area contributed by atoms with Crippen molar-refractivity contribution in [3.63, 3.8) is 0 Å². The molecular weight excluding hydrogens is 200 g/mol. The molecular formula is C11H19F2NO. The number of halogens is 2. The number of hydrogen-bond donors (Lipinski definition) is 0. The standard InChI is InChI=1S/C11H19F2NO/c1-8(2)15-5-9-4-10(7-14(9)3)6-11(10,12)13/h8-9H,4-7H2,1-3H3. The van der Waals surface area contributed by atoms with E-state index in [2.05, 4.69) is 0 Å². The van der Waals surface area contributed by atoms with Gasteiger partial charge in [0.25, 0.3) is 5.92 Å². The van der Waals surface area contributed by atoms with Crippen LogP contribution in [0, 0.1) is 5.41 Å². The molecule has 0 N–H and O–H groups in total. The SMILES string of the molecule is CC(C)OCC1CC2(CN1C)CC2(F)F. The van der Waals surface area contributed by atoms with Crippen molar-refractivity contribution >= 4 is 0 Å². The molecule has 0 aromatic carbocycles. The molecule has 0 aromatic rings. The van der Waals surface area contributed by atoms with E-state index in [-0.39, 0.29) is 18.6 Å². The van der Waals surface area contributed by atoms with E-state index in [0.29, 0.717) is 19.6 Å². The van der Waals surface area contributed by atoms with Gasteiger partial charge in [-0.3, -0.25) is 0 Å². The summed E-state index contributed by atoms with van der Waals surface area (Å²) in [6.45, 7) is 5.03. The summed E-state index contributed by atoms with van der Waals surface area (Å²) in [5.74, 6) is -2.42. The highest BCUT2D eigenvalue weighted by molar-refractivity contribution is 5.16. The molecule has 2 unspecified atom stereocenters. The molecule has 1 aliphatic carbocycles. The van der Waals surface area contributed by atoms with Gasteiger partial charge < -0.3 is 9.64 Å². The largest absolute Gasteiger partial charge is 0.377 e. The summed E-state index contributed by atoms with van der Waals surface area (Å²) in [4.78, 5) is 2.02. The monoisotopic (exact) mass is 219 g/mol. The van der Waals surface area contributed by atoms with Crippen molar-refractivity contribution in [1.82, 2.24) is 4.90 Å². The molecule has 2 nitrogen and oxygen atoms in total. The summed E-state index contributed by atoms with van der Waals surface area (Å²) in [5.41, 5.74) is -0.716. The second-order valence-corrected chi connectivity index (χ2v) is 5.32. The quantitative estimate of drug-likeness (QED) is 0.721. The Bertz CT molecular complexity index is 257. The second-order valence-electron chi connectivity index (χ2n) is 5.32. The Kier molecular flexibility index (Phi) is 2.54. The molecule has 1 saturated heterocycles. The van der Waals surface area contributed by atoms with Crippen LogP contribution in [0.15, 0.2) is 0 Å². The van der Waals surface area contributed by atoms with Gasteiger partial charge in [0.15, 0.2) is 0 Å². The van der Waals surface area contributed by atoms with Gasteiger partial charge >= 0.3 is 0 Å². The minimum Gasteiger partial charge on any atom is -0.377 e. The van der Waals surface area contributed by atoms with Gasteiger partial charge in [0, 0.05) is 19.0 Å². The lowest BCUT2D eigenvalue weighted by molar-refractivity contribution is 0.0423. The molecule has 2 aliphatic rings. The average Bonchev–Trinajstić information content (AvgIpc) is 2.46. The molecule has 2 atom stereocenters.